The summed E-state index contributed by atoms with van der Waals surface area (Å²) in [6.45, 7) is 2.56. The summed E-state index contributed by atoms with van der Waals surface area (Å²) >= 11 is 0. The number of rotatable bonds is 7. The van der Waals surface area contributed by atoms with Gasteiger partial charge >= 0.3 is 0 Å². The highest BCUT2D eigenvalue weighted by Crippen LogP contribution is 2.42. The summed E-state index contributed by atoms with van der Waals surface area (Å²) < 4.78 is 10.9. The third-order valence-corrected chi connectivity index (χ3v) is 4.44. The molecule has 0 radical (unpaired) electrons. The minimum atomic E-state index is -0.783. The van der Waals surface area contributed by atoms with Crippen LogP contribution >= 0.6 is 0 Å². The van der Waals surface area contributed by atoms with Crippen molar-refractivity contribution in [3.8, 4) is 0 Å². The summed E-state index contributed by atoms with van der Waals surface area (Å²) in [5.74, 6) is 0.730. The molecule has 1 aliphatic carbocycles. The molecule has 100 valence electrons. The van der Waals surface area contributed by atoms with Crippen molar-refractivity contribution in [2.45, 2.75) is 45.1 Å². The zero-order valence-electron chi connectivity index (χ0n) is 10.8. The number of hydrogen-bond acceptors (Lipinski definition) is 3. The zero-order chi connectivity index (χ0) is 12.9. The highest BCUT2D eigenvalue weighted by molar-refractivity contribution is 7.84. The van der Waals surface area contributed by atoms with Crippen molar-refractivity contribution in [2.24, 2.45) is 11.1 Å². The molecule has 4 nitrogen and oxygen atoms in total. The second kappa shape index (κ2) is 6.50. The molecule has 0 aromatic heterocycles. The molecule has 0 spiro atoms. The number of carbonyl (C=O) groups excluding carboxylic acids is 1. The Morgan fingerprint density at radius 3 is 2.59 bits per heavy atom. The summed E-state index contributed by atoms with van der Waals surface area (Å²) in [7, 11) is -0.783. The minimum Gasteiger partial charge on any atom is -0.354 e. The molecule has 0 bridgehead atoms. The highest BCUT2D eigenvalue weighted by Gasteiger charge is 2.37. The molecule has 2 unspecified atom stereocenters. The molecule has 0 heterocycles. The van der Waals surface area contributed by atoms with Crippen LogP contribution in [0.2, 0.25) is 0 Å². The van der Waals surface area contributed by atoms with Crippen LogP contribution in [-0.4, -0.2) is 34.7 Å². The van der Waals surface area contributed by atoms with E-state index in [0.29, 0.717) is 18.7 Å². The van der Waals surface area contributed by atoms with E-state index < -0.39 is 10.8 Å². The summed E-state index contributed by atoms with van der Waals surface area (Å²) in [5.41, 5.74) is 5.79. The van der Waals surface area contributed by atoms with Crippen LogP contribution in [0.4, 0.5) is 0 Å². The second-order valence-corrected chi connectivity index (χ2v) is 6.82. The molecule has 1 amide bonds. The molecule has 0 aromatic carbocycles. The first-order valence-corrected chi connectivity index (χ1v) is 8.00. The monoisotopic (exact) mass is 260 g/mol. The lowest BCUT2D eigenvalue weighted by molar-refractivity contribution is -0.125. The number of carbonyl (C=O) groups is 1. The van der Waals surface area contributed by atoms with E-state index in [4.69, 9.17) is 5.73 Å². The maximum Gasteiger partial charge on any atom is 0.220 e. The lowest BCUT2D eigenvalue weighted by Gasteiger charge is -2.40. The van der Waals surface area contributed by atoms with Crippen molar-refractivity contribution in [3.05, 3.63) is 0 Å². The topological polar surface area (TPSA) is 72.2 Å². The molecule has 1 saturated carbocycles. The van der Waals surface area contributed by atoms with Crippen molar-refractivity contribution in [2.75, 3.05) is 18.6 Å². The summed E-state index contributed by atoms with van der Waals surface area (Å²) in [4.78, 5) is 11.8. The predicted molar refractivity (Wildman–Crippen MR) is 71.1 cm³/mol. The summed E-state index contributed by atoms with van der Waals surface area (Å²) in [6, 6.07) is 0.0984. The van der Waals surface area contributed by atoms with Gasteiger partial charge in [-0.2, -0.15) is 0 Å². The molecule has 5 heteroatoms. The quantitative estimate of drug-likeness (QED) is 0.710. The van der Waals surface area contributed by atoms with E-state index in [2.05, 4.69) is 5.32 Å². The van der Waals surface area contributed by atoms with E-state index in [0.717, 1.165) is 19.3 Å². The van der Waals surface area contributed by atoms with Gasteiger partial charge in [-0.05, 0) is 38.1 Å². The van der Waals surface area contributed by atoms with Gasteiger partial charge in [0.2, 0.25) is 5.91 Å². The fourth-order valence-corrected chi connectivity index (χ4v) is 2.90. The lowest BCUT2D eigenvalue weighted by Crippen LogP contribution is -2.43. The van der Waals surface area contributed by atoms with Crippen molar-refractivity contribution in [1.29, 1.82) is 0 Å². The van der Waals surface area contributed by atoms with Crippen molar-refractivity contribution < 1.29 is 9.00 Å². The first-order valence-electron chi connectivity index (χ1n) is 6.27. The Morgan fingerprint density at radius 1 is 1.53 bits per heavy atom. The molecule has 1 fully saturated rings. The smallest absolute Gasteiger partial charge is 0.220 e. The van der Waals surface area contributed by atoms with Gasteiger partial charge in [-0.3, -0.25) is 9.00 Å². The summed E-state index contributed by atoms with van der Waals surface area (Å²) in [5, 5.41) is 2.96. The normalized spacial score (nSPS) is 21.4. The van der Waals surface area contributed by atoms with Crippen LogP contribution in [0.5, 0.6) is 0 Å². The van der Waals surface area contributed by atoms with E-state index >= 15 is 0 Å². The van der Waals surface area contributed by atoms with Crippen LogP contribution in [0.1, 0.15) is 39.0 Å². The van der Waals surface area contributed by atoms with Crippen LogP contribution in [0.25, 0.3) is 0 Å². The molecular formula is C12H24N2O2S. The maximum absolute atomic E-state index is 11.8. The van der Waals surface area contributed by atoms with Crippen LogP contribution in [0, 0.1) is 5.41 Å². The Hall–Kier alpha value is -0.420. The van der Waals surface area contributed by atoms with E-state index in [1.807, 2.05) is 6.92 Å². The van der Waals surface area contributed by atoms with Gasteiger partial charge in [0, 0.05) is 35.3 Å². The van der Waals surface area contributed by atoms with Gasteiger partial charge < -0.3 is 11.1 Å². The second-order valence-electron chi connectivity index (χ2n) is 5.27. The van der Waals surface area contributed by atoms with Gasteiger partial charge in [-0.25, -0.2) is 0 Å². The van der Waals surface area contributed by atoms with Gasteiger partial charge in [0.1, 0.15) is 0 Å². The number of nitrogens with one attached hydrogen (secondary N) is 1. The molecule has 1 aliphatic rings. The number of amides is 1. The highest BCUT2D eigenvalue weighted by atomic mass is 32.2. The van der Waals surface area contributed by atoms with Gasteiger partial charge in [0.15, 0.2) is 0 Å². The van der Waals surface area contributed by atoms with Crippen molar-refractivity contribution >= 4 is 16.7 Å². The first kappa shape index (κ1) is 14.6. The predicted octanol–water partition coefficient (Wildman–Crippen LogP) is 0.779. The Bertz CT molecular complexity index is 285. The van der Waals surface area contributed by atoms with E-state index in [9.17, 15) is 9.00 Å². The van der Waals surface area contributed by atoms with Gasteiger partial charge in [-0.15, -0.1) is 0 Å². The average molecular weight is 260 g/mol. The SMILES string of the molecule is CC(CCS(C)=O)NC(=O)CC1(CN)CCC1. The largest absolute Gasteiger partial charge is 0.354 e. The molecule has 3 N–H and O–H groups in total. The molecule has 0 aliphatic heterocycles. The van der Waals surface area contributed by atoms with Crippen molar-refractivity contribution in [1.82, 2.24) is 5.32 Å². The van der Waals surface area contributed by atoms with E-state index in [1.54, 1.807) is 6.26 Å². The first-order chi connectivity index (χ1) is 7.97. The third kappa shape index (κ3) is 4.76. The standard InChI is InChI=1S/C12H24N2O2S/c1-10(4-7-17(2)16)14-11(15)8-12(9-13)5-3-6-12/h10H,3-9,13H2,1-2H3,(H,14,15). The number of hydrogen-bond donors (Lipinski definition) is 2. The fraction of sp³-hybridized carbons (Fsp3) is 0.917. The minimum absolute atomic E-state index is 0.0668. The van der Waals surface area contributed by atoms with Crippen LogP contribution in [-0.2, 0) is 15.6 Å². The van der Waals surface area contributed by atoms with E-state index in [-0.39, 0.29) is 17.4 Å². The van der Waals surface area contributed by atoms with Crippen LogP contribution in [0.3, 0.4) is 0 Å². The zero-order valence-corrected chi connectivity index (χ0v) is 11.6. The Morgan fingerprint density at radius 2 is 2.18 bits per heavy atom. The molecule has 17 heavy (non-hydrogen) atoms. The third-order valence-electron chi connectivity index (χ3n) is 3.63. The lowest BCUT2D eigenvalue weighted by atomic mass is 9.66. The van der Waals surface area contributed by atoms with E-state index in [1.165, 1.54) is 6.42 Å². The average Bonchev–Trinajstić information content (AvgIpc) is 2.20. The molecule has 0 saturated heterocycles. The van der Waals surface area contributed by atoms with Crippen LogP contribution in [0.15, 0.2) is 0 Å². The Labute approximate surface area is 106 Å². The van der Waals surface area contributed by atoms with Crippen molar-refractivity contribution in [3.63, 3.8) is 0 Å². The molecule has 2 atom stereocenters. The van der Waals surface area contributed by atoms with Gasteiger partial charge in [0.05, 0.1) is 0 Å². The van der Waals surface area contributed by atoms with Gasteiger partial charge in [0.25, 0.3) is 0 Å². The maximum atomic E-state index is 11.8. The van der Waals surface area contributed by atoms with Gasteiger partial charge in [-0.1, -0.05) is 6.42 Å². The Kier molecular flexibility index (Phi) is 5.59. The molecule has 1 rings (SSSR count). The Balaban J connectivity index is 2.26. The summed E-state index contributed by atoms with van der Waals surface area (Å²) in [6.07, 6.45) is 6.34. The van der Waals surface area contributed by atoms with Crippen LogP contribution < -0.4 is 11.1 Å². The molecule has 0 aromatic rings. The molecular weight excluding hydrogens is 236 g/mol. The number of nitrogens with two attached hydrogens (primary N) is 1. The fourth-order valence-electron chi connectivity index (χ4n) is 2.21.